The van der Waals surface area contributed by atoms with Gasteiger partial charge in [0.25, 0.3) is 0 Å². The van der Waals surface area contributed by atoms with Gasteiger partial charge >= 0.3 is 10.3 Å². The van der Waals surface area contributed by atoms with Gasteiger partial charge in [0.05, 0.1) is 12.8 Å². The van der Waals surface area contributed by atoms with Crippen molar-refractivity contribution in [3.63, 3.8) is 0 Å². The van der Waals surface area contributed by atoms with Gasteiger partial charge < -0.3 is 5.11 Å². The fourth-order valence-electron chi connectivity index (χ4n) is 1.28. The van der Waals surface area contributed by atoms with Gasteiger partial charge in [-0.15, -0.1) is 0 Å². The summed E-state index contributed by atoms with van der Waals surface area (Å²) in [7, 11) is -4.28. The van der Waals surface area contributed by atoms with Crippen molar-refractivity contribution in [3.8, 4) is 5.75 Å². The number of anilines is 1. The van der Waals surface area contributed by atoms with E-state index in [9.17, 15) is 13.5 Å². The van der Waals surface area contributed by atoms with Crippen LogP contribution in [0.5, 0.6) is 5.75 Å². The Hall–Kier alpha value is 0.190. The molecule has 1 aromatic rings. The van der Waals surface area contributed by atoms with E-state index in [-0.39, 0.29) is 12.3 Å². The Morgan fingerprint density at radius 2 is 1.76 bits per heavy atom. The van der Waals surface area contributed by atoms with Crippen LogP contribution in [0, 0.1) is 7.14 Å². The van der Waals surface area contributed by atoms with Crippen LogP contribution in [-0.4, -0.2) is 24.6 Å². The van der Waals surface area contributed by atoms with E-state index < -0.39 is 10.3 Å². The molecule has 0 aliphatic carbocycles. The van der Waals surface area contributed by atoms with Crippen LogP contribution in [0.25, 0.3) is 0 Å². The molecule has 0 fully saturated rings. The summed E-state index contributed by atoms with van der Waals surface area (Å²) >= 11 is 3.82. The molecule has 0 saturated carbocycles. The molecule has 8 heteroatoms. The van der Waals surface area contributed by atoms with Crippen LogP contribution in [0.15, 0.2) is 12.1 Å². The molecule has 0 saturated heterocycles. The number of phenols is 1. The normalized spacial score (nSPS) is 11.5. The minimum atomic E-state index is -4.28. The summed E-state index contributed by atoms with van der Waals surface area (Å²) in [5.41, 5.74) is 0.348. The van der Waals surface area contributed by atoms with E-state index in [0.717, 1.165) is 4.31 Å². The Bertz CT molecular complexity index is 495. The van der Waals surface area contributed by atoms with Gasteiger partial charge in [0.1, 0.15) is 5.75 Å². The molecule has 0 radical (unpaired) electrons. The second-order valence-corrected chi connectivity index (χ2v) is 6.97. The van der Waals surface area contributed by atoms with Gasteiger partial charge in [0, 0.05) is 6.54 Å². The first-order valence-electron chi connectivity index (χ1n) is 4.70. The lowest BCUT2D eigenvalue weighted by molar-refractivity contribution is 0.466. The summed E-state index contributed by atoms with van der Waals surface area (Å²) in [5.74, 6) is 0.113. The molecule has 0 amide bonds. The minimum Gasteiger partial charge on any atom is -0.506 e. The van der Waals surface area contributed by atoms with Crippen LogP contribution in [0.2, 0.25) is 0 Å². The fourth-order valence-corrected chi connectivity index (χ4v) is 3.80. The zero-order valence-corrected chi connectivity index (χ0v) is 14.0. The molecule has 0 atom stereocenters. The lowest BCUT2D eigenvalue weighted by Crippen LogP contribution is -2.31. The highest BCUT2D eigenvalue weighted by Gasteiger charge is 2.20. The molecule has 0 bridgehead atoms. The van der Waals surface area contributed by atoms with Gasteiger partial charge in [0.15, 0.2) is 0 Å². The molecule has 17 heavy (non-hydrogen) atoms. The maximum absolute atomic E-state index is 11.2. The van der Waals surface area contributed by atoms with Crippen LogP contribution in [0.4, 0.5) is 5.69 Å². The highest BCUT2D eigenvalue weighted by Crippen LogP contribution is 2.32. The smallest absolute Gasteiger partial charge is 0.359 e. The summed E-state index contributed by atoms with van der Waals surface area (Å²) in [4.78, 5) is 0. The molecular formula is C9H11I2NO4S. The third-order valence-corrected chi connectivity index (χ3v) is 4.59. The standard InChI is InChI=1S/C9H11I2NO4S/c1-2-3-12(17(14,15)16)6-4-7(10)9(13)8(11)5-6/h4-5,13H,2-3H2,1H3,(H,14,15,16). The molecule has 5 nitrogen and oxygen atoms in total. The molecule has 0 aliphatic rings. The third kappa shape index (κ3) is 3.83. The van der Waals surface area contributed by atoms with Crippen LogP contribution >= 0.6 is 45.2 Å². The van der Waals surface area contributed by atoms with Gasteiger partial charge in [-0.3, -0.25) is 4.55 Å². The minimum absolute atomic E-state index is 0.113. The highest BCUT2D eigenvalue weighted by atomic mass is 127. The highest BCUT2D eigenvalue weighted by molar-refractivity contribution is 14.1. The molecular weight excluding hydrogens is 472 g/mol. The van der Waals surface area contributed by atoms with E-state index in [1.807, 2.05) is 52.1 Å². The van der Waals surface area contributed by atoms with E-state index in [1.165, 1.54) is 12.1 Å². The van der Waals surface area contributed by atoms with Crippen molar-refractivity contribution in [3.05, 3.63) is 19.3 Å². The summed E-state index contributed by atoms with van der Waals surface area (Å²) in [6.45, 7) is 2.00. The van der Waals surface area contributed by atoms with Crippen molar-refractivity contribution in [2.24, 2.45) is 0 Å². The topological polar surface area (TPSA) is 77.8 Å². The number of halogens is 2. The molecule has 0 spiro atoms. The second-order valence-electron chi connectivity index (χ2n) is 3.31. The maximum atomic E-state index is 11.2. The largest absolute Gasteiger partial charge is 0.506 e. The number of benzene rings is 1. The molecule has 1 aromatic carbocycles. The van der Waals surface area contributed by atoms with E-state index >= 15 is 0 Å². The van der Waals surface area contributed by atoms with E-state index in [1.54, 1.807) is 0 Å². The average Bonchev–Trinajstić information content (AvgIpc) is 2.20. The van der Waals surface area contributed by atoms with Gasteiger partial charge in [0.2, 0.25) is 0 Å². The van der Waals surface area contributed by atoms with Crippen molar-refractivity contribution in [2.75, 3.05) is 10.8 Å². The maximum Gasteiger partial charge on any atom is 0.359 e. The lowest BCUT2D eigenvalue weighted by atomic mass is 10.3. The number of hydrogen-bond acceptors (Lipinski definition) is 3. The number of nitrogens with zero attached hydrogens (tertiary/aromatic N) is 1. The average molecular weight is 483 g/mol. The summed E-state index contributed by atoms with van der Waals surface area (Å²) in [6, 6.07) is 3.03. The van der Waals surface area contributed by atoms with E-state index in [2.05, 4.69) is 0 Å². The van der Waals surface area contributed by atoms with Gasteiger partial charge in [-0.25, -0.2) is 4.31 Å². The summed E-state index contributed by atoms with van der Waals surface area (Å²) in [6.07, 6.45) is 0.577. The number of aromatic hydroxyl groups is 1. The first kappa shape index (κ1) is 15.2. The predicted molar refractivity (Wildman–Crippen MR) is 82.7 cm³/mol. The third-order valence-electron chi connectivity index (χ3n) is 1.99. The SMILES string of the molecule is CCCN(c1cc(I)c(O)c(I)c1)S(=O)(=O)O. The number of hydrogen-bond donors (Lipinski definition) is 2. The molecule has 0 unspecified atom stereocenters. The molecule has 0 aliphatic heterocycles. The Balaban J connectivity index is 3.30. The Morgan fingerprint density at radius 1 is 1.29 bits per heavy atom. The molecule has 1 rings (SSSR count). The quantitative estimate of drug-likeness (QED) is 0.511. The van der Waals surface area contributed by atoms with Crippen LogP contribution < -0.4 is 4.31 Å². The van der Waals surface area contributed by atoms with Crippen molar-refractivity contribution in [2.45, 2.75) is 13.3 Å². The van der Waals surface area contributed by atoms with Crippen LogP contribution in [0.1, 0.15) is 13.3 Å². The number of phenolic OH excluding ortho intramolecular Hbond substituents is 1. The Morgan fingerprint density at radius 3 is 2.12 bits per heavy atom. The predicted octanol–water partition coefficient (Wildman–Crippen LogP) is 2.62. The second kappa shape index (κ2) is 5.89. The fraction of sp³-hybridized carbons (Fsp3) is 0.333. The zero-order chi connectivity index (χ0) is 13.2. The summed E-state index contributed by atoms with van der Waals surface area (Å²) in [5, 5.41) is 9.60. The Kier molecular flexibility index (Phi) is 5.28. The van der Waals surface area contributed by atoms with E-state index in [4.69, 9.17) is 4.55 Å². The molecule has 2 N–H and O–H groups in total. The monoisotopic (exact) mass is 483 g/mol. The zero-order valence-electron chi connectivity index (χ0n) is 8.89. The van der Waals surface area contributed by atoms with Crippen molar-refractivity contribution in [1.29, 1.82) is 0 Å². The lowest BCUT2D eigenvalue weighted by Gasteiger charge is -2.21. The van der Waals surface area contributed by atoms with Gasteiger partial charge in [-0.2, -0.15) is 8.42 Å². The van der Waals surface area contributed by atoms with Crippen molar-refractivity contribution in [1.82, 2.24) is 0 Å². The summed E-state index contributed by atoms with van der Waals surface area (Å²) < 4.78 is 33.6. The molecule has 0 aromatic heterocycles. The van der Waals surface area contributed by atoms with Gasteiger partial charge in [-0.05, 0) is 63.7 Å². The Labute approximate surface area is 127 Å². The molecule has 0 heterocycles. The first-order chi connectivity index (χ1) is 7.77. The molecule has 96 valence electrons. The van der Waals surface area contributed by atoms with Crippen LogP contribution in [-0.2, 0) is 10.3 Å². The van der Waals surface area contributed by atoms with Crippen molar-refractivity contribution < 1.29 is 18.1 Å². The van der Waals surface area contributed by atoms with E-state index in [0.29, 0.717) is 19.2 Å². The van der Waals surface area contributed by atoms with Crippen molar-refractivity contribution >= 4 is 61.2 Å². The number of rotatable bonds is 4. The first-order valence-corrected chi connectivity index (χ1v) is 8.26. The van der Waals surface area contributed by atoms with Crippen LogP contribution in [0.3, 0.4) is 0 Å². The van der Waals surface area contributed by atoms with Gasteiger partial charge in [-0.1, -0.05) is 6.92 Å².